The van der Waals surface area contributed by atoms with Crippen molar-refractivity contribution in [1.82, 2.24) is 10.2 Å². The number of nitrogens with one attached hydrogen (secondary N) is 1. The fourth-order valence-electron chi connectivity index (χ4n) is 4.21. The van der Waals surface area contributed by atoms with Crippen molar-refractivity contribution in [2.45, 2.75) is 102 Å². The van der Waals surface area contributed by atoms with Gasteiger partial charge in [-0.3, -0.25) is 0 Å². The molecule has 1 unspecified atom stereocenters. The summed E-state index contributed by atoms with van der Waals surface area (Å²) in [6.45, 7) is 5.67. The number of hydrogen-bond donors (Lipinski definition) is 1. The smallest absolute Gasteiger partial charge is 0.0356 e. The fourth-order valence-corrected chi connectivity index (χ4v) is 4.21. The van der Waals surface area contributed by atoms with E-state index >= 15 is 0 Å². The molecule has 0 aromatic carbocycles. The van der Waals surface area contributed by atoms with Crippen LogP contribution in [-0.4, -0.2) is 37.1 Å². The molecule has 2 nitrogen and oxygen atoms in total. The summed E-state index contributed by atoms with van der Waals surface area (Å²) < 4.78 is 0. The van der Waals surface area contributed by atoms with Gasteiger partial charge >= 0.3 is 0 Å². The molecule has 21 heavy (non-hydrogen) atoms. The molecule has 126 valence electrons. The molecule has 0 bridgehead atoms. The molecule has 0 amide bonds. The first-order chi connectivity index (χ1) is 10.2. The molecular formula is C19H40N2. The molecule has 0 aromatic heterocycles. The van der Waals surface area contributed by atoms with Gasteiger partial charge in [0.25, 0.3) is 0 Å². The second kappa shape index (κ2) is 10.6. The highest BCUT2D eigenvalue weighted by Crippen LogP contribution is 2.36. The molecular weight excluding hydrogens is 256 g/mol. The van der Waals surface area contributed by atoms with Crippen LogP contribution >= 0.6 is 0 Å². The van der Waals surface area contributed by atoms with Gasteiger partial charge in [-0.25, -0.2) is 0 Å². The summed E-state index contributed by atoms with van der Waals surface area (Å²) >= 11 is 0. The summed E-state index contributed by atoms with van der Waals surface area (Å²) in [5.74, 6) is 0. The second-order valence-electron chi connectivity index (χ2n) is 7.23. The Kier molecular flexibility index (Phi) is 9.59. The maximum Gasteiger partial charge on any atom is 0.0356 e. The van der Waals surface area contributed by atoms with E-state index in [0.717, 1.165) is 6.54 Å². The van der Waals surface area contributed by atoms with Gasteiger partial charge < -0.3 is 10.2 Å². The quantitative estimate of drug-likeness (QED) is 0.541. The van der Waals surface area contributed by atoms with Crippen LogP contribution in [0.15, 0.2) is 0 Å². The topological polar surface area (TPSA) is 15.3 Å². The summed E-state index contributed by atoms with van der Waals surface area (Å²) in [6, 6.07) is 0.684. The Morgan fingerprint density at radius 1 is 0.905 bits per heavy atom. The van der Waals surface area contributed by atoms with Crippen LogP contribution in [0, 0.1) is 0 Å². The highest BCUT2D eigenvalue weighted by Gasteiger charge is 2.40. The molecule has 0 saturated heterocycles. The molecule has 1 saturated carbocycles. The van der Waals surface area contributed by atoms with Crippen LogP contribution < -0.4 is 5.32 Å². The van der Waals surface area contributed by atoms with Crippen molar-refractivity contribution in [3.05, 3.63) is 0 Å². The Labute approximate surface area is 134 Å². The number of likely N-dealkylation sites (N-methyl/N-ethyl adjacent to an activating group) is 2. The van der Waals surface area contributed by atoms with Gasteiger partial charge in [-0.1, -0.05) is 71.6 Å². The normalized spacial score (nSPS) is 19.9. The van der Waals surface area contributed by atoms with E-state index in [1.54, 1.807) is 0 Å². The van der Waals surface area contributed by atoms with Gasteiger partial charge in [0.05, 0.1) is 0 Å². The second-order valence-corrected chi connectivity index (χ2v) is 7.23. The van der Waals surface area contributed by atoms with Crippen LogP contribution in [0.5, 0.6) is 0 Å². The third-order valence-electron chi connectivity index (χ3n) is 5.56. The molecule has 2 heteroatoms. The van der Waals surface area contributed by atoms with Gasteiger partial charge in [-0.15, -0.1) is 0 Å². The molecule has 0 heterocycles. The molecule has 0 spiro atoms. The van der Waals surface area contributed by atoms with E-state index < -0.39 is 0 Å². The SMILES string of the molecule is CCCCCCCCC(NCC)C1(N(C)C)CCCCC1. The molecule has 0 radical (unpaired) electrons. The first-order valence-corrected chi connectivity index (χ1v) is 9.58. The van der Waals surface area contributed by atoms with E-state index in [-0.39, 0.29) is 0 Å². The number of hydrogen-bond acceptors (Lipinski definition) is 2. The highest BCUT2D eigenvalue weighted by atomic mass is 15.2. The lowest BCUT2D eigenvalue weighted by Gasteiger charge is -2.49. The zero-order chi connectivity index (χ0) is 15.6. The van der Waals surface area contributed by atoms with E-state index in [1.807, 2.05) is 0 Å². The minimum absolute atomic E-state index is 0.414. The highest BCUT2D eigenvalue weighted by molar-refractivity contribution is 5.00. The average Bonchev–Trinajstić information content (AvgIpc) is 2.50. The lowest BCUT2D eigenvalue weighted by atomic mass is 9.73. The van der Waals surface area contributed by atoms with Crippen LogP contribution in [0.25, 0.3) is 0 Å². The summed E-state index contributed by atoms with van der Waals surface area (Å²) in [6.07, 6.45) is 16.8. The lowest BCUT2D eigenvalue weighted by Crippen LogP contribution is -2.60. The number of rotatable bonds is 11. The number of nitrogens with zero attached hydrogens (tertiary/aromatic N) is 1. The van der Waals surface area contributed by atoms with E-state index in [2.05, 4.69) is 38.2 Å². The predicted molar refractivity (Wildman–Crippen MR) is 95.0 cm³/mol. The van der Waals surface area contributed by atoms with Crippen LogP contribution in [0.4, 0.5) is 0 Å². The minimum Gasteiger partial charge on any atom is -0.312 e. The van der Waals surface area contributed by atoms with Crippen molar-refractivity contribution in [2.75, 3.05) is 20.6 Å². The lowest BCUT2D eigenvalue weighted by molar-refractivity contribution is 0.0530. The van der Waals surface area contributed by atoms with E-state index in [4.69, 9.17) is 0 Å². The van der Waals surface area contributed by atoms with E-state index in [9.17, 15) is 0 Å². The summed E-state index contributed by atoms with van der Waals surface area (Å²) in [5, 5.41) is 3.83. The zero-order valence-electron chi connectivity index (χ0n) is 15.2. The van der Waals surface area contributed by atoms with Crippen molar-refractivity contribution >= 4 is 0 Å². The number of unbranched alkanes of at least 4 members (excludes halogenated alkanes) is 5. The largest absolute Gasteiger partial charge is 0.312 e. The Balaban J connectivity index is 2.48. The maximum atomic E-state index is 3.83. The standard InChI is InChI=1S/C19H40N2/c1-5-7-8-9-10-12-15-18(20-6-2)19(21(3)4)16-13-11-14-17-19/h18,20H,5-17H2,1-4H3. The Bertz CT molecular complexity index is 244. The summed E-state index contributed by atoms with van der Waals surface area (Å²) in [7, 11) is 4.60. The van der Waals surface area contributed by atoms with Crippen LogP contribution in [-0.2, 0) is 0 Å². The first kappa shape index (κ1) is 19.0. The van der Waals surface area contributed by atoms with Crippen LogP contribution in [0.2, 0.25) is 0 Å². The van der Waals surface area contributed by atoms with Gasteiger partial charge in [0.15, 0.2) is 0 Å². The van der Waals surface area contributed by atoms with Crippen molar-refractivity contribution in [3.63, 3.8) is 0 Å². The van der Waals surface area contributed by atoms with Gasteiger partial charge in [0.1, 0.15) is 0 Å². The van der Waals surface area contributed by atoms with Gasteiger partial charge in [-0.05, 0) is 39.9 Å². The van der Waals surface area contributed by atoms with Crippen LogP contribution in [0.3, 0.4) is 0 Å². The Morgan fingerprint density at radius 2 is 1.52 bits per heavy atom. The van der Waals surface area contributed by atoms with Gasteiger partial charge in [0, 0.05) is 11.6 Å². The van der Waals surface area contributed by atoms with Gasteiger partial charge in [-0.2, -0.15) is 0 Å². The maximum absolute atomic E-state index is 3.83. The molecule has 1 rings (SSSR count). The summed E-state index contributed by atoms with van der Waals surface area (Å²) in [4.78, 5) is 2.54. The van der Waals surface area contributed by atoms with Crippen LogP contribution in [0.1, 0.15) is 90.9 Å². The van der Waals surface area contributed by atoms with Crippen molar-refractivity contribution < 1.29 is 0 Å². The predicted octanol–water partition coefficient (Wildman–Crippen LogP) is 4.98. The first-order valence-electron chi connectivity index (χ1n) is 9.58. The molecule has 1 atom stereocenters. The Hall–Kier alpha value is -0.0800. The van der Waals surface area contributed by atoms with Crippen molar-refractivity contribution in [2.24, 2.45) is 0 Å². The third-order valence-corrected chi connectivity index (χ3v) is 5.56. The molecule has 0 aromatic rings. The Morgan fingerprint density at radius 3 is 2.10 bits per heavy atom. The van der Waals surface area contributed by atoms with E-state index in [0.29, 0.717) is 11.6 Å². The third kappa shape index (κ3) is 5.90. The van der Waals surface area contributed by atoms with Gasteiger partial charge in [0.2, 0.25) is 0 Å². The monoisotopic (exact) mass is 296 g/mol. The zero-order valence-corrected chi connectivity index (χ0v) is 15.2. The molecule has 1 aliphatic carbocycles. The summed E-state index contributed by atoms with van der Waals surface area (Å²) in [5.41, 5.74) is 0.414. The average molecular weight is 297 g/mol. The molecule has 1 aliphatic rings. The molecule has 1 fully saturated rings. The molecule has 0 aliphatic heterocycles. The van der Waals surface area contributed by atoms with Crippen molar-refractivity contribution in [1.29, 1.82) is 0 Å². The minimum atomic E-state index is 0.414. The van der Waals surface area contributed by atoms with Crippen molar-refractivity contribution in [3.8, 4) is 0 Å². The molecule has 1 N–H and O–H groups in total. The van der Waals surface area contributed by atoms with E-state index in [1.165, 1.54) is 77.0 Å². The fraction of sp³-hybridized carbons (Fsp3) is 1.00.